The number of unbranched alkanes of at least 4 members (excludes halogenated alkanes) is 20. The lowest BCUT2D eigenvalue weighted by Crippen LogP contribution is -2.44. The van der Waals surface area contributed by atoms with Gasteiger partial charge in [0, 0.05) is 12.8 Å². The van der Waals surface area contributed by atoms with Crippen LogP contribution in [0.25, 0.3) is 0 Å². The molecule has 2 unspecified atom stereocenters. The summed E-state index contributed by atoms with van der Waals surface area (Å²) in [4.78, 5) is 37.0. The van der Waals surface area contributed by atoms with Crippen LogP contribution in [0.5, 0.6) is 0 Å². The Bertz CT molecular complexity index is 1020. The van der Waals surface area contributed by atoms with E-state index in [-0.39, 0.29) is 32.2 Å². The van der Waals surface area contributed by atoms with Crippen molar-refractivity contribution < 1.29 is 42.9 Å². The zero-order valence-electron chi connectivity index (χ0n) is 36.8. The Hall–Kier alpha value is -2.49. The van der Waals surface area contributed by atoms with Crippen LogP contribution in [0.2, 0.25) is 0 Å². The third kappa shape index (κ3) is 39.7. The third-order valence-corrected chi connectivity index (χ3v) is 9.65. The second-order valence-electron chi connectivity index (χ2n) is 16.3. The minimum Gasteiger partial charge on any atom is -0.545 e. The molecule has 0 aliphatic heterocycles. The van der Waals surface area contributed by atoms with E-state index >= 15 is 0 Å². The number of carbonyl (C=O) groups is 3. The van der Waals surface area contributed by atoms with E-state index in [9.17, 15) is 19.5 Å². The summed E-state index contributed by atoms with van der Waals surface area (Å²) in [5.74, 6) is -2.30. The smallest absolute Gasteiger partial charge is 0.306 e. The number of quaternary nitrogens is 1. The number of esters is 2. The van der Waals surface area contributed by atoms with Crippen molar-refractivity contribution in [3.05, 3.63) is 36.5 Å². The summed E-state index contributed by atoms with van der Waals surface area (Å²) >= 11 is 0. The second-order valence-corrected chi connectivity index (χ2v) is 16.3. The first-order valence-electron chi connectivity index (χ1n) is 22.6. The largest absolute Gasteiger partial charge is 0.545 e. The van der Waals surface area contributed by atoms with E-state index in [0.29, 0.717) is 23.9 Å². The maximum Gasteiger partial charge on any atom is 0.306 e. The molecule has 0 spiro atoms. The van der Waals surface area contributed by atoms with Gasteiger partial charge in [-0.25, -0.2) is 0 Å². The average molecular weight is 792 g/mol. The number of carboxylic acids is 1. The fourth-order valence-electron chi connectivity index (χ4n) is 6.14. The number of carbonyl (C=O) groups excluding carboxylic acids is 3. The zero-order valence-corrected chi connectivity index (χ0v) is 36.8. The molecule has 9 heteroatoms. The SMILES string of the molecule is CC/C=C\C/C=C\C/C=C\CCCCCCCC(=O)OC(COC(=O)CCCCCCCCCCCCCCCCCC)COC(OCC[N+](C)(C)C)C(=O)[O-]. The van der Waals surface area contributed by atoms with E-state index < -0.39 is 24.3 Å². The highest BCUT2D eigenvalue weighted by molar-refractivity contribution is 5.70. The van der Waals surface area contributed by atoms with Gasteiger partial charge in [-0.15, -0.1) is 0 Å². The van der Waals surface area contributed by atoms with Crippen LogP contribution < -0.4 is 5.11 Å². The number of likely N-dealkylation sites (N-methyl/N-ethyl adjacent to an activating group) is 1. The monoisotopic (exact) mass is 792 g/mol. The molecule has 0 aliphatic carbocycles. The van der Waals surface area contributed by atoms with E-state index in [1.165, 1.54) is 83.5 Å². The van der Waals surface area contributed by atoms with Crippen molar-refractivity contribution >= 4 is 17.9 Å². The van der Waals surface area contributed by atoms with Crippen molar-refractivity contribution in [1.29, 1.82) is 0 Å². The Balaban J connectivity index is 4.44. The summed E-state index contributed by atoms with van der Waals surface area (Å²) in [7, 11) is 5.90. The molecule has 0 aromatic carbocycles. The molecule has 56 heavy (non-hydrogen) atoms. The maximum absolute atomic E-state index is 12.7. The van der Waals surface area contributed by atoms with Gasteiger partial charge in [-0.1, -0.05) is 166 Å². The molecule has 0 rings (SSSR count). The predicted octanol–water partition coefficient (Wildman–Crippen LogP) is 10.5. The highest BCUT2D eigenvalue weighted by Crippen LogP contribution is 2.15. The van der Waals surface area contributed by atoms with Gasteiger partial charge in [0.1, 0.15) is 13.2 Å². The van der Waals surface area contributed by atoms with Crippen LogP contribution in [0.15, 0.2) is 36.5 Å². The summed E-state index contributed by atoms with van der Waals surface area (Å²) < 4.78 is 22.5. The normalized spacial score (nSPS) is 13.2. The lowest BCUT2D eigenvalue weighted by atomic mass is 10.0. The summed E-state index contributed by atoms with van der Waals surface area (Å²) in [5.41, 5.74) is 0. The molecule has 0 saturated carbocycles. The maximum atomic E-state index is 12.7. The highest BCUT2D eigenvalue weighted by atomic mass is 16.7. The number of carboxylic acid groups (broad SMARTS) is 1. The molecule has 0 saturated heterocycles. The van der Waals surface area contributed by atoms with Crippen LogP contribution in [0, 0.1) is 0 Å². The molecule has 0 aromatic rings. The van der Waals surface area contributed by atoms with Gasteiger partial charge < -0.3 is 33.3 Å². The predicted molar refractivity (Wildman–Crippen MR) is 228 cm³/mol. The number of nitrogens with zero attached hydrogens (tertiary/aromatic N) is 1. The molecule has 0 aliphatic rings. The number of aliphatic carboxylic acids is 1. The standard InChI is InChI=1S/C47H85NO8/c1-6-8-10-12-14-16-18-20-22-24-25-27-29-31-33-35-37-44(49)54-41-43(42-55-47(46(51)52)53-40-39-48(3,4)5)56-45(50)38-36-34-32-30-28-26-23-21-19-17-15-13-11-9-7-2/h9,11,15,17,21,23,43,47H,6-8,10,12-14,16,18-20,22,24-42H2,1-5H3/b11-9-,17-15-,23-21-. The molecular weight excluding hydrogens is 707 g/mol. The quantitative estimate of drug-likeness (QED) is 0.0198. The Morgan fingerprint density at radius 2 is 1.02 bits per heavy atom. The number of allylic oxidation sites excluding steroid dienone is 6. The molecule has 326 valence electrons. The molecule has 0 radical (unpaired) electrons. The Kier molecular flexibility index (Phi) is 37.6. The van der Waals surface area contributed by atoms with Crippen molar-refractivity contribution in [1.82, 2.24) is 0 Å². The van der Waals surface area contributed by atoms with Gasteiger partial charge in [0.15, 0.2) is 12.4 Å². The van der Waals surface area contributed by atoms with Crippen LogP contribution in [-0.4, -0.2) is 82.3 Å². The first-order valence-corrected chi connectivity index (χ1v) is 22.6. The van der Waals surface area contributed by atoms with Crippen LogP contribution in [0.4, 0.5) is 0 Å². The summed E-state index contributed by atoms with van der Waals surface area (Å²) in [6.07, 6.45) is 40.3. The zero-order chi connectivity index (χ0) is 41.4. The Morgan fingerprint density at radius 3 is 1.52 bits per heavy atom. The van der Waals surface area contributed by atoms with Crippen molar-refractivity contribution in [2.45, 2.75) is 200 Å². The molecule has 0 N–H and O–H groups in total. The summed E-state index contributed by atoms with van der Waals surface area (Å²) in [6, 6.07) is 0. The van der Waals surface area contributed by atoms with Gasteiger partial charge in [-0.3, -0.25) is 9.59 Å². The van der Waals surface area contributed by atoms with Gasteiger partial charge >= 0.3 is 11.9 Å². The number of hydrogen-bond acceptors (Lipinski definition) is 8. The van der Waals surface area contributed by atoms with E-state index in [1.54, 1.807) is 0 Å². The van der Waals surface area contributed by atoms with Gasteiger partial charge in [0.2, 0.25) is 0 Å². The van der Waals surface area contributed by atoms with Crippen LogP contribution in [-0.2, 0) is 33.3 Å². The minimum atomic E-state index is -1.62. The van der Waals surface area contributed by atoms with E-state index in [2.05, 4.69) is 50.3 Å². The average Bonchev–Trinajstić information content (AvgIpc) is 3.15. The lowest BCUT2D eigenvalue weighted by Gasteiger charge is -2.26. The van der Waals surface area contributed by atoms with Crippen molar-refractivity contribution in [2.24, 2.45) is 0 Å². The minimum absolute atomic E-state index is 0.145. The Labute approximate surface area is 343 Å². The van der Waals surface area contributed by atoms with Gasteiger partial charge in [-0.05, 0) is 44.9 Å². The van der Waals surface area contributed by atoms with E-state index in [1.807, 2.05) is 21.1 Å². The first kappa shape index (κ1) is 53.5. The summed E-state index contributed by atoms with van der Waals surface area (Å²) in [5, 5.41) is 11.7. The van der Waals surface area contributed by atoms with Gasteiger partial charge in [-0.2, -0.15) is 0 Å². The molecule has 0 fully saturated rings. The first-order chi connectivity index (χ1) is 27.1. The number of hydrogen-bond donors (Lipinski definition) is 0. The highest BCUT2D eigenvalue weighted by Gasteiger charge is 2.21. The fourth-order valence-corrected chi connectivity index (χ4v) is 6.14. The van der Waals surface area contributed by atoms with Crippen LogP contribution in [0.1, 0.15) is 187 Å². The van der Waals surface area contributed by atoms with Crippen molar-refractivity contribution in [2.75, 3.05) is 47.5 Å². The molecule has 0 heterocycles. The molecular formula is C47H85NO8. The summed E-state index contributed by atoms with van der Waals surface area (Å²) in [6.45, 7) is 4.61. The fraction of sp³-hybridized carbons (Fsp3) is 0.809. The third-order valence-electron chi connectivity index (χ3n) is 9.65. The van der Waals surface area contributed by atoms with E-state index in [4.69, 9.17) is 18.9 Å². The lowest BCUT2D eigenvalue weighted by molar-refractivity contribution is -0.870. The van der Waals surface area contributed by atoms with E-state index in [0.717, 1.165) is 70.6 Å². The number of rotatable bonds is 41. The molecule has 9 nitrogen and oxygen atoms in total. The van der Waals surface area contributed by atoms with Gasteiger partial charge in [0.25, 0.3) is 0 Å². The van der Waals surface area contributed by atoms with Crippen LogP contribution in [0.3, 0.4) is 0 Å². The van der Waals surface area contributed by atoms with Crippen molar-refractivity contribution in [3.63, 3.8) is 0 Å². The van der Waals surface area contributed by atoms with Crippen molar-refractivity contribution in [3.8, 4) is 0 Å². The molecule has 0 amide bonds. The van der Waals surface area contributed by atoms with Crippen LogP contribution >= 0.6 is 0 Å². The molecule has 2 atom stereocenters. The topological polar surface area (TPSA) is 111 Å². The Morgan fingerprint density at radius 1 is 0.554 bits per heavy atom. The second kappa shape index (κ2) is 39.3. The van der Waals surface area contributed by atoms with Gasteiger partial charge in [0.05, 0.1) is 40.3 Å². The number of ether oxygens (including phenoxy) is 4. The molecule has 0 aromatic heterocycles. The molecule has 0 bridgehead atoms.